The fourth-order valence-corrected chi connectivity index (χ4v) is 2.25. The normalized spacial score (nSPS) is 12.1. The highest BCUT2D eigenvalue weighted by molar-refractivity contribution is 5.65. The molecule has 106 valence electrons. The molecule has 2 aromatic rings. The van der Waals surface area contributed by atoms with Crippen molar-refractivity contribution in [3.05, 3.63) is 59.7 Å². The molecule has 2 heteroatoms. The molecule has 0 aromatic heterocycles. The van der Waals surface area contributed by atoms with Gasteiger partial charge in [0.05, 0.1) is 11.4 Å². The third-order valence-electron chi connectivity index (χ3n) is 3.85. The van der Waals surface area contributed by atoms with Gasteiger partial charge >= 0.3 is 0 Å². The average molecular weight is 268 g/mol. The van der Waals surface area contributed by atoms with Crippen molar-refractivity contribution in [3.8, 4) is 0 Å². The van der Waals surface area contributed by atoms with Gasteiger partial charge in [-0.05, 0) is 42.0 Å². The molecular weight excluding hydrogens is 244 g/mol. The number of anilines is 2. The predicted octanol–water partition coefficient (Wildman–Crippen LogP) is 4.44. The number of hydrogen-bond donors (Lipinski definition) is 2. The van der Waals surface area contributed by atoms with Gasteiger partial charge in [-0.2, -0.15) is 0 Å². The van der Waals surface area contributed by atoms with Crippen LogP contribution in [-0.2, 0) is 6.42 Å². The summed E-state index contributed by atoms with van der Waals surface area (Å²) in [6, 6.07) is 16.9. The second-order valence-electron chi connectivity index (χ2n) is 5.31. The van der Waals surface area contributed by atoms with Gasteiger partial charge in [-0.1, -0.05) is 50.2 Å². The van der Waals surface area contributed by atoms with Crippen LogP contribution in [0, 0.1) is 0 Å². The second-order valence-corrected chi connectivity index (χ2v) is 5.31. The van der Waals surface area contributed by atoms with E-state index in [-0.39, 0.29) is 0 Å². The van der Waals surface area contributed by atoms with Crippen molar-refractivity contribution < 1.29 is 0 Å². The summed E-state index contributed by atoms with van der Waals surface area (Å²) in [4.78, 5) is 0. The number of benzene rings is 2. The Kier molecular flexibility index (Phi) is 5.05. The fraction of sp³-hybridized carbons (Fsp3) is 0.333. The van der Waals surface area contributed by atoms with Gasteiger partial charge in [0.25, 0.3) is 0 Å². The largest absolute Gasteiger partial charge is 0.397 e. The Balaban J connectivity index is 1.87. The monoisotopic (exact) mass is 268 g/mol. The van der Waals surface area contributed by atoms with Gasteiger partial charge in [-0.3, -0.25) is 0 Å². The SMILES string of the molecule is CCC(C)c1ccc(CCNc2ccccc2N)cc1. The first kappa shape index (κ1) is 14.4. The summed E-state index contributed by atoms with van der Waals surface area (Å²) in [5.41, 5.74) is 10.5. The lowest BCUT2D eigenvalue weighted by molar-refractivity contribution is 0.733. The molecule has 3 N–H and O–H groups in total. The number of para-hydroxylation sites is 2. The third-order valence-corrected chi connectivity index (χ3v) is 3.85. The van der Waals surface area contributed by atoms with Crippen molar-refractivity contribution in [1.82, 2.24) is 0 Å². The molecule has 1 unspecified atom stereocenters. The molecule has 2 aromatic carbocycles. The zero-order valence-corrected chi connectivity index (χ0v) is 12.4. The molecule has 0 amide bonds. The smallest absolute Gasteiger partial charge is 0.0574 e. The van der Waals surface area contributed by atoms with E-state index < -0.39 is 0 Å². The summed E-state index contributed by atoms with van der Waals surface area (Å²) in [6.07, 6.45) is 2.20. The first-order valence-electron chi connectivity index (χ1n) is 7.38. The number of nitrogen functional groups attached to an aromatic ring is 1. The summed E-state index contributed by atoms with van der Waals surface area (Å²) in [6.45, 7) is 5.40. The van der Waals surface area contributed by atoms with E-state index in [1.807, 2.05) is 24.3 Å². The van der Waals surface area contributed by atoms with Crippen molar-refractivity contribution in [3.63, 3.8) is 0 Å². The molecule has 0 radical (unpaired) electrons. The quantitative estimate of drug-likeness (QED) is 0.760. The van der Waals surface area contributed by atoms with Crippen molar-refractivity contribution in [1.29, 1.82) is 0 Å². The molecule has 20 heavy (non-hydrogen) atoms. The van der Waals surface area contributed by atoms with E-state index in [1.54, 1.807) is 0 Å². The van der Waals surface area contributed by atoms with E-state index in [4.69, 9.17) is 5.73 Å². The van der Waals surface area contributed by atoms with Crippen LogP contribution >= 0.6 is 0 Å². The Morgan fingerprint density at radius 3 is 2.40 bits per heavy atom. The maximum Gasteiger partial charge on any atom is 0.0574 e. The van der Waals surface area contributed by atoms with Crippen LogP contribution in [-0.4, -0.2) is 6.54 Å². The minimum atomic E-state index is 0.645. The van der Waals surface area contributed by atoms with Crippen LogP contribution in [0.3, 0.4) is 0 Å². The molecule has 0 fully saturated rings. The molecule has 0 saturated heterocycles. The number of hydrogen-bond acceptors (Lipinski definition) is 2. The number of nitrogens with two attached hydrogens (primary N) is 1. The predicted molar refractivity (Wildman–Crippen MR) is 88.2 cm³/mol. The summed E-state index contributed by atoms with van der Waals surface area (Å²) in [5.74, 6) is 0.645. The number of nitrogens with one attached hydrogen (secondary N) is 1. The summed E-state index contributed by atoms with van der Waals surface area (Å²) < 4.78 is 0. The van der Waals surface area contributed by atoms with Crippen molar-refractivity contribution >= 4 is 11.4 Å². The van der Waals surface area contributed by atoms with Crippen LogP contribution in [0.4, 0.5) is 11.4 Å². The van der Waals surface area contributed by atoms with Crippen LogP contribution in [0.15, 0.2) is 48.5 Å². The van der Waals surface area contributed by atoms with E-state index >= 15 is 0 Å². The average Bonchev–Trinajstić information content (AvgIpc) is 2.49. The van der Waals surface area contributed by atoms with Crippen molar-refractivity contribution in [2.45, 2.75) is 32.6 Å². The fourth-order valence-electron chi connectivity index (χ4n) is 2.25. The van der Waals surface area contributed by atoms with Crippen molar-refractivity contribution in [2.24, 2.45) is 0 Å². The third kappa shape index (κ3) is 3.77. The topological polar surface area (TPSA) is 38.0 Å². The maximum atomic E-state index is 5.91. The maximum absolute atomic E-state index is 5.91. The highest BCUT2D eigenvalue weighted by atomic mass is 14.9. The summed E-state index contributed by atoms with van der Waals surface area (Å²) in [7, 11) is 0. The molecule has 0 saturated carbocycles. The Morgan fingerprint density at radius 2 is 1.75 bits per heavy atom. The lowest BCUT2D eigenvalue weighted by Crippen LogP contribution is -2.06. The van der Waals surface area contributed by atoms with E-state index in [1.165, 1.54) is 17.5 Å². The zero-order valence-electron chi connectivity index (χ0n) is 12.4. The molecule has 2 rings (SSSR count). The van der Waals surface area contributed by atoms with Crippen LogP contribution in [0.5, 0.6) is 0 Å². The molecule has 0 aliphatic rings. The minimum absolute atomic E-state index is 0.645. The van der Waals surface area contributed by atoms with Crippen LogP contribution < -0.4 is 11.1 Å². The highest BCUT2D eigenvalue weighted by Gasteiger charge is 2.02. The summed E-state index contributed by atoms with van der Waals surface area (Å²) >= 11 is 0. The zero-order chi connectivity index (χ0) is 14.4. The Bertz CT molecular complexity index is 531. The van der Waals surface area contributed by atoms with Gasteiger partial charge in [0.1, 0.15) is 0 Å². The van der Waals surface area contributed by atoms with Gasteiger partial charge in [0.2, 0.25) is 0 Å². The molecule has 2 nitrogen and oxygen atoms in total. The van der Waals surface area contributed by atoms with Gasteiger partial charge in [0.15, 0.2) is 0 Å². The van der Waals surface area contributed by atoms with Crippen LogP contribution in [0.1, 0.15) is 37.3 Å². The lowest BCUT2D eigenvalue weighted by Gasteiger charge is -2.11. The molecule has 0 heterocycles. The molecule has 1 atom stereocenters. The standard InChI is InChI=1S/C18H24N2/c1-3-14(2)16-10-8-15(9-11-16)12-13-20-18-7-5-4-6-17(18)19/h4-11,14,20H,3,12-13,19H2,1-2H3. The van der Waals surface area contributed by atoms with E-state index in [2.05, 4.69) is 43.4 Å². The van der Waals surface area contributed by atoms with Crippen molar-refractivity contribution in [2.75, 3.05) is 17.6 Å². The second kappa shape index (κ2) is 6.99. The van der Waals surface area contributed by atoms with Gasteiger partial charge in [-0.25, -0.2) is 0 Å². The highest BCUT2D eigenvalue weighted by Crippen LogP contribution is 2.19. The van der Waals surface area contributed by atoms with Crippen LogP contribution in [0.25, 0.3) is 0 Å². The Labute approximate surface area is 122 Å². The molecule has 0 spiro atoms. The summed E-state index contributed by atoms with van der Waals surface area (Å²) in [5, 5.41) is 3.38. The number of rotatable bonds is 6. The Hall–Kier alpha value is -1.96. The molecule has 0 bridgehead atoms. The molecular formula is C18H24N2. The van der Waals surface area contributed by atoms with Gasteiger partial charge < -0.3 is 11.1 Å². The van der Waals surface area contributed by atoms with Gasteiger partial charge in [-0.15, -0.1) is 0 Å². The van der Waals surface area contributed by atoms with E-state index in [0.717, 1.165) is 24.3 Å². The molecule has 0 aliphatic heterocycles. The first-order chi connectivity index (χ1) is 9.70. The first-order valence-corrected chi connectivity index (χ1v) is 7.38. The molecule has 0 aliphatic carbocycles. The minimum Gasteiger partial charge on any atom is -0.397 e. The van der Waals surface area contributed by atoms with E-state index in [0.29, 0.717) is 5.92 Å². The van der Waals surface area contributed by atoms with Crippen LogP contribution in [0.2, 0.25) is 0 Å². The lowest BCUT2D eigenvalue weighted by atomic mass is 9.97. The van der Waals surface area contributed by atoms with E-state index in [9.17, 15) is 0 Å². The van der Waals surface area contributed by atoms with Gasteiger partial charge in [0, 0.05) is 6.54 Å². The Morgan fingerprint density at radius 1 is 1.05 bits per heavy atom.